The molecule has 1 heterocycles. The van der Waals surface area contributed by atoms with Crippen LogP contribution in [0, 0.1) is 6.92 Å². The molecule has 0 bridgehead atoms. The van der Waals surface area contributed by atoms with Crippen LogP contribution in [0.25, 0.3) is 0 Å². The zero-order valence-corrected chi connectivity index (χ0v) is 19.6. The molecule has 0 atom stereocenters. The molecule has 2 amide bonds. The van der Waals surface area contributed by atoms with Gasteiger partial charge in [0, 0.05) is 28.0 Å². The van der Waals surface area contributed by atoms with Crippen LogP contribution in [0.1, 0.15) is 11.4 Å². The highest BCUT2D eigenvalue weighted by Gasteiger charge is 2.17. The molecule has 0 fully saturated rings. The number of nitrogens with one attached hydrogen (secondary N) is 2. The van der Waals surface area contributed by atoms with Crippen LogP contribution in [0.5, 0.6) is 0 Å². The number of aromatic nitrogens is 3. The van der Waals surface area contributed by atoms with Gasteiger partial charge in [-0.15, -0.1) is 16.8 Å². The first-order valence-corrected chi connectivity index (χ1v) is 11.4. The molecule has 1 aromatic heterocycles. The summed E-state index contributed by atoms with van der Waals surface area (Å²) in [5, 5.41) is 15.3. The highest BCUT2D eigenvalue weighted by molar-refractivity contribution is 7.99. The van der Waals surface area contributed by atoms with E-state index in [1.807, 2.05) is 31.2 Å². The Kier molecular flexibility index (Phi) is 8.33. The Morgan fingerprint density at radius 1 is 1.09 bits per heavy atom. The lowest BCUT2D eigenvalue weighted by Gasteiger charge is -2.10. The maximum atomic E-state index is 12.5. The number of thioether (sulfide) groups is 1. The van der Waals surface area contributed by atoms with Gasteiger partial charge >= 0.3 is 0 Å². The number of hydrogen-bond donors (Lipinski definition) is 2. The molecule has 10 heteroatoms. The number of benzene rings is 2. The van der Waals surface area contributed by atoms with Gasteiger partial charge in [0.15, 0.2) is 5.16 Å². The van der Waals surface area contributed by atoms with Gasteiger partial charge in [-0.1, -0.05) is 59.2 Å². The number of nitrogens with zero attached hydrogens (tertiary/aromatic N) is 3. The minimum absolute atomic E-state index is 0.0446. The molecular formula is C22H21Cl2N5O2S. The molecular weight excluding hydrogens is 469 g/mol. The summed E-state index contributed by atoms with van der Waals surface area (Å²) >= 11 is 13.1. The van der Waals surface area contributed by atoms with Crippen LogP contribution in [0.4, 0.5) is 11.4 Å². The van der Waals surface area contributed by atoms with E-state index in [1.165, 1.54) is 11.8 Å². The van der Waals surface area contributed by atoms with Crippen molar-refractivity contribution in [1.29, 1.82) is 0 Å². The molecule has 0 unspecified atom stereocenters. The third-order valence-corrected chi connectivity index (χ3v) is 5.72. The number of carbonyl (C=O) groups excluding carboxylic acids is 2. The molecule has 0 saturated heterocycles. The second-order valence-corrected chi connectivity index (χ2v) is 8.65. The highest BCUT2D eigenvalue weighted by Crippen LogP contribution is 2.23. The second-order valence-electron chi connectivity index (χ2n) is 6.83. The van der Waals surface area contributed by atoms with Crippen molar-refractivity contribution in [2.45, 2.75) is 25.0 Å². The Labute approximate surface area is 200 Å². The number of aryl methyl sites for hydroxylation is 1. The lowest BCUT2D eigenvalue weighted by atomic mass is 10.2. The maximum absolute atomic E-state index is 12.5. The van der Waals surface area contributed by atoms with Crippen LogP contribution in [0.3, 0.4) is 0 Å². The van der Waals surface area contributed by atoms with Gasteiger partial charge < -0.3 is 15.2 Å². The van der Waals surface area contributed by atoms with Crippen LogP contribution in [-0.2, 0) is 22.6 Å². The van der Waals surface area contributed by atoms with E-state index < -0.39 is 0 Å². The van der Waals surface area contributed by atoms with E-state index in [2.05, 4.69) is 27.4 Å². The van der Waals surface area contributed by atoms with E-state index in [0.717, 1.165) is 11.3 Å². The monoisotopic (exact) mass is 489 g/mol. The molecule has 3 rings (SSSR count). The summed E-state index contributed by atoms with van der Waals surface area (Å²) in [5.74, 6) is 0.124. The Balaban J connectivity index is 1.63. The Morgan fingerprint density at radius 3 is 2.50 bits per heavy atom. The third-order valence-electron chi connectivity index (χ3n) is 4.32. The van der Waals surface area contributed by atoms with Gasteiger partial charge in [0.1, 0.15) is 5.82 Å². The fourth-order valence-corrected chi connectivity index (χ4v) is 4.17. The van der Waals surface area contributed by atoms with E-state index >= 15 is 0 Å². The molecule has 0 aliphatic heterocycles. The number of rotatable bonds is 9. The van der Waals surface area contributed by atoms with Gasteiger partial charge in [-0.3, -0.25) is 9.59 Å². The minimum Gasteiger partial charge on any atom is -0.325 e. The molecule has 0 spiro atoms. The van der Waals surface area contributed by atoms with Crippen molar-refractivity contribution in [3.63, 3.8) is 0 Å². The smallest absolute Gasteiger partial charge is 0.234 e. The largest absolute Gasteiger partial charge is 0.325 e. The highest BCUT2D eigenvalue weighted by atomic mass is 35.5. The summed E-state index contributed by atoms with van der Waals surface area (Å²) in [6.45, 7) is 6.09. The summed E-state index contributed by atoms with van der Waals surface area (Å²) in [4.78, 5) is 24.9. The van der Waals surface area contributed by atoms with Crippen LogP contribution in [0.15, 0.2) is 60.3 Å². The summed E-state index contributed by atoms with van der Waals surface area (Å²) in [5.41, 5.74) is 2.23. The van der Waals surface area contributed by atoms with Gasteiger partial charge in [0.2, 0.25) is 11.8 Å². The summed E-state index contributed by atoms with van der Waals surface area (Å²) in [6, 6.07) is 12.3. The topological polar surface area (TPSA) is 88.9 Å². The van der Waals surface area contributed by atoms with Crippen molar-refractivity contribution in [3.8, 4) is 0 Å². The van der Waals surface area contributed by atoms with Crippen LogP contribution in [-0.4, -0.2) is 32.3 Å². The third kappa shape index (κ3) is 6.59. The Morgan fingerprint density at radius 2 is 1.81 bits per heavy atom. The van der Waals surface area contributed by atoms with E-state index in [9.17, 15) is 9.59 Å². The molecule has 0 radical (unpaired) electrons. The van der Waals surface area contributed by atoms with Crippen molar-refractivity contribution in [2.24, 2.45) is 0 Å². The number of hydrogen-bond acceptors (Lipinski definition) is 5. The van der Waals surface area contributed by atoms with Crippen molar-refractivity contribution >= 4 is 58.2 Å². The number of para-hydroxylation sites is 1. The van der Waals surface area contributed by atoms with Gasteiger partial charge in [0.25, 0.3) is 0 Å². The number of anilines is 2. The fourth-order valence-electron chi connectivity index (χ4n) is 2.87. The average molecular weight is 490 g/mol. The standard InChI is InChI=1S/C22H21Cl2N5O2S/c1-3-8-29-19(12-20(30)26-18-7-5-4-6-14(18)2)27-28-22(29)32-13-21(31)25-17-10-15(23)9-16(24)11-17/h3-7,9-11H,1,8,12-13H2,2H3,(H,25,31)(H,26,30). The van der Waals surface area contributed by atoms with Gasteiger partial charge in [-0.05, 0) is 36.8 Å². The van der Waals surface area contributed by atoms with Crippen molar-refractivity contribution in [3.05, 3.63) is 76.6 Å². The van der Waals surface area contributed by atoms with Gasteiger partial charge in [0.05, 0.1) is 12.2 Å². The number of amides is 2. The quantitative estimate of drug-likeness (QED) is 0.326. The predicted octanol–water partition coefficient (Wildman–Crippen LogP) is 4.99. The molecule has 0 saturated carbocycles. The van der Waals surface area contributed by atoms with E-state index in [4.69, 9.17) is 23.2 Å². The van der Waals surface area contributed by atoms with E-state index in [0.29, 0.717) is 33.3 Å². The SMILES string of the molecule is C=CCn1c(CC(=O)Nc2ccccc2C)nnc1SCC(=O)Nc1cc(Cl)cc(Cl)c1. The second kappa shape index (κ2) is 11.2. The lowest BCUT2D eigenvalue weighted by molar-refractivity contribution is -0.116. The van der Waals surface area contributed by atoms with Gasteiger partial charge in [-0.2, -0.15) is 0 Å². The number of carbonyl (C=O) groups is 2. The van der Waals surface area contributed by atoms with Crippen LogP contribution in [0.2, 0.25) is 10.0 Å². The number of halogens is 2. The van der Waals surface area contributed by atoms with E-state index in [-0.39, 0.29) is 24.0 Å². The molecule has 2 aromatic carbocycles. The maximum Gasteiger partial charge on any atom is 0.234 e. The first kappa shape index (κ1) is 23.8. The first-order valence-electron chi connectivity index (χ1n) is 9.63. The van der Waals surface area contributed by atoms with Crippen molar-refractivity contribution in [1.82, 2.24) is 14.8 Å². The zero-order chi connectivity index (χ0) is 23.1. The summed E-state index contributed by atoms with van der Waals surface area (Å²) < 4.78 is 1.76. The Hall–Kier alpha value is -2.81. The summed E-state index contributed by atoms with van der Waals surface area (Å²) in [7, 11) is 0. The van der Waals surface area contributed by atoms with Crippen molar-refractivity contribution < 1.29 is 9.59 Å². The lowest BCUT2D eigenvalue weighted by Crippen LogP contribution is -2.18. The zero-order valence-electron chi connectivity index (χ0n) is 17.3. The summed E-state index contributed by atoms with van der Waals surface area (Å²) in [6.07, 6.45) is 1.73. The molecule has 0 aliphatic rings. The minimum atomic E-state index is -0.250. The Bertz CT molecular complexity index is 1130. The molecule has 7 nitrogen and oxygen atoms in total. The normalized spacial score (nSPS) is 10.6. The molecule has 2 N–H and O–H groups in total. The molecule has 3 aromatic rings. The van der Waals surface area contributed by atoms with E-state index in [1.54, 1.807) is 28.8 Å². The average Bonchev–Trinajstić information content (AvgIpc) is 3.09. The first-order chi connectivity index (χ1) is 15.4. The van der Waals surface area contributed by atoms with Crippen LogP contribution < -0.4 is 10.6 Å². The van der Waals surface area contributed by atoms with Crippen molar-refractivity contribution in [2.75, 3.05) is 16.4 Å². The fraction of sp³-hybridized carbons (Fsp3) is 0.182. The van der Waals surface area contributed by atoms with Gasteiger partial charge in [-0.25, -0.2) is 0 Å². The molecule has 0 aliphatic carbocycles. The van der Waals surface area contributed by atoms with Crippen LogP contribution >= 0.6 is 35.0 Å². The molecule has 166 valence electrons. The predicted molar refractivity (Wildman–Crippen MR) is 130 cm³/mol. The number of allylic oxidation sites excluding steroid dienone is 1. The molecule has 32 heavy (non-hydrogen) atoms.